The van der Waals surface area contributed by atoms with Gasteiger partial charge in [-0.1, -0.05) is 29.8 Å². The zero-order chi connectivity index (χ0) is 15.2. The minimum absolute atomic E-state index is 0.264. The van der Waals surface area contributed by atoms with Crippen LogP contribution in [0.4, 0.5) is 11.4 Å². The maximum Gasteiger partial charge on any atom is 0.250 e. The monoisotopic (exact) mass is 305 g/mol. The van der Waals surface area contributed by atoms with Crippen LogP contribution in [-0.4, -0.2) is 19.1 Å². The van der Waals surface area contributed by atoms with Gasteiger partial charge in [0.2, 0.25) is 0 Å². The number of nitrogens with two attached hydrogens (primary N) is 2. The Morgan fingerprint density at radius 2 is 1.95 bits per heavy atom. The number of carbonyl (C=O) groups excluding carboxylic acids is 1. The van der Waals surface area contributed by atoms with Crippen molar-refractivity contribution < 1.29 is 9.53 Å². The molecule has 0 saturated carbocycles. The number of anilines is 2. The van der Waals surface area contributed by atoms with E-state index in [1.165, 1.54) is 6.07 Å². The van der Waals surface area contributed by atoms with Crippen molar-refractivity contribution in [2.24, 2.45) is 5.73 Å². The molecular weight excluding hydrogens is 290 g/mol. The van der Waals surface area contributed by atoms with Crippen molar-refractivity contribution in [1.29, 1.82) is 0 Å². The van der Waals surface area contributed by atoms with Gasteiger partial charge in [0, 0.05) is 12.2 Å². The number of rotatable bonds is 6. The number of carbonyl (C=O) groups is 1. The Hall–Kier alpha value is -2.40. The molecule has 5 nitrogen and oxygen atoms in total. The van der Waals surface area contributed by atoms with Crippen molar-refractivity contribution in [3.63, 3.8) is 0 Å². The van der Waals surface area contributed by atoms with Crippen LogP contribution in [-0.2, 0) is 0 Å². The van der Waals surface area contributed by atoms with Gasteiger partial charge in [0.15, 0.2) is 0 Å². The second kappa shape index (κ2) is 6.85. The van der Waals surface area contributed by atoms with Crippen LogP contribution in [0.3, 0.4) is 0 Å². The first-order chi connectivity index (χ1) is 10.1. The second-order valence-corrected chi connectivity index (χ2v) is 4.79. The lowest BCUT2D eigenvalue weighted by atomic mass is 10.1. The van der Waals surface area contributed by atoms with Gasteiger partial charge in [-0.15, -0.1) is 0 Å². The summed E-state index contributed by atoms with van der Waals surface area (Å²) in [4.78, 5) is 11.4. The van der Waals surface area contributed by atoms with Crippen molar-refractivity contribution in [2.45, 2.75) is 0 Å². The zero-order valence-corrected chi connectivity index (χ0v) is 12.1. The smallest absolute Gasteiger partial charge is 0.250 e. The third kappa shape index (κ3) is 4.03. The molecule has 6 heteroatoms. The first-order valence-electron chi connectivity index (χ1n) is 6.38. The highest BCUT2D eigenvalue weighted by molar-refractivity contribution is 6.34. The predicted octanol–water partition coefficient (Wildman–Crippen LogP) is 2.51. The van der Waals surface area contributed by atoms with Crippen molar-refractivity contribution in [1.82, 2.24) is 0 Å². The lowest BCUT2D eigenvalue weighted by Crippen LogP contribution is -2.18. The molecule has 0 unspecified atom stereocenters. The average molecular weight is 306 g/mol. The van der Waals surface area contributed by atoms with Crippen LogP contribution in [0.25, 0.3) is 0 Å². The number of primary amides is 1. The van der Waals surface area contributed by atoms with Crippen molar-refractivity contribution >= 4 is 28.9 Å². The molecule has 0 spiro atoms. The van der Waals surface area contributed by atoms with Gasteiger partial charge >= 0.3 is 0 Å². The van der Waals surface area contributed by atoms with E-state index in [-0.39, 0.29) is 5.56 Å². The maximum atomic E-state index is 11.4. The van der Waals surface area contributed by atoms with E-state index in [1.54, 1.807) is 6.07 Å². The van der Waals surface area contributed by atoms with E-state index < -0.39 is 5.91 Å². The van der Waals surface area contributed by atoms with E-state index in [0.717, 1.165) is 5.75 Å². The highest BCUT2D eigenvalue weighted by Gasteiger charge is 2.12. The van der Waals surface area contributed by atoms with Crippen LogP contribution < -0.4 is 21.5 Å². The van der Waals surface area contributed by atoms with E-state index in [4.69, 9.17) is 27.8 Å². The molecule has 0 fully saturated rings. The Labute approximate surface area is 127 Å². The molecule has 0 atom stereocenters. The van der Waals surface area contributed by atoms with Crippen LogP contribution >= 0.6 is 11.6 Å². The summed E-state index contributed by atoms with van der Waals surface area (Å²) in [5.74, 6) is 0.188. The van der Waals surface area contributed by atoms with Gasteiger partial charge in [-0.25, -0.2) is 0 Å². The standard InChI is InChI=1S/C15H16ClN3O2/c16-13-9-10(17)8-12(15(18)20)14(13)19-6-7-21-11-4-2-1-3-5-11/h1-5,8-9,19H,6-7,17H2,(H2,18,20). The van der Waals surface area contributed by atoms with E-state index in [9.17, 15) is 4.79 Å². The summed E-state index contributed by atoms with van der Waals surface area (Å²) >= 11 is 6.08. The summed E-state index contributed by atoms with van der Waals surface area (Å²) in [6, 6.07) is 12.5. The fraction of sp³-hybridized carbons (Fsp3) is 0.133. The third-order valence-electron chi connectivity index (χ3n) is 2.79. The van der Waals surface area contributed by atoms with E-state index in [1.807, 2.05) is 30.3 Å². The van der Waals surface area contributed by atoms with Crippen molar-refractivity contribution in [3.05, 3.63) is 53.1 Å². The van der Waals surface area contributed by atoms with Gasteiger partial charge in [0.05, 0.1) is 16.3 Å². The Morgan fingerprint density at radius 1 is 1.24 bits per heavy atom. The molecule has 2 aromatic rings. The largest absolute Gasteiger partial charge is 0.492 e. The van der Waals surface area contributed by atoms with Gasteiger partial charge < -0.3 is 21.5 Å². The molecule has 0 aromatic heterocycles. The summed E-state index contributed by atoms with van der Waals surface area (Å²) < 4.78 is 5.55. The molecule has 0 radical (unpaired) electrons. The number of nitrogens with one attached hydrogen (secondary N) is 1. The molecule has 2 rings (SSSR count). The quantitative estimate of drug-likeness (QED) is 0.565. The van der Waals surface area contributed by atoms with Gasteiger partial charge in [-0.3, -0.25) is 4.79 Å². The molecule has 0 bridgehead atoms. The Kier molecular flexibility index (Phi) is 4.90. The first-order valence-corrected chi connectivity index (χ1v) is 6.76. The van der Waals surface area contributed by atoms with Crippen molar-refractivity contribution in [2.75, 3.05) is 24.2 Å². The van der Waals surface area contributed by atoms with Crippen LogP contribution in [0.2, 0.25) is 5.02 Å². The lowest BCUT2D eigenvalue weighted by molar-refractivity contribution is 0.100. The predicted molar refractivity (Wildman–Crippen MR) is 84.8 cm³/mol. The van der Waals surface area contributed by atoms with Crippen LogP contribution in [0.1, 0.15) is 10.4 Å². The number of nitrogen functional groups attached to an aromatic ring is 1. The minimum atomic E-state index is -0.587. The van der Waals surface area contributed by atoms with Crippen LogP contribution in [0, 0.1) is 0 Å². The molecular formula is C15H16ClN3O2. The van der Waals surface area contributed by atoms with Gasteiger partial charge in [0.25, 0.3) is 5.91 Å². The highest BCUT2D eigenvalue weighted by atomic mass is 35.5. The summed E-state index contributed by atoms with van der Waals surface area (Å²) in [7, 11) is 0. The molecule has 0 aliphatic carbocycles. The van der Waals surface area contributed by atoms with Crippen LogP contribution in [0.5, 0.6) is 5.75 Å². The molecule has 0 heterocycles. The van der Waals surface area contributed by atoms with Crippen molar-refractivity contribution in [3.8, 4) is 5.75 Å². The Balaban J connectivity index is 1.98. The zero-order valence-electron chi connectivity index (χ0n) is 11.3. The molecule has 1 amide bonds. The topological polar surface area (TPSA) is 90.4 Å². The minimum Gasteiger partial charge on any atom is -0.492 e. The molecule has 0 aliphatic heterocycles. The van der Waals surface area contributed by atoms with Gasteiger partial charge in [-0.2, -0.15) is 0 Å². The highest BCUT2D eigenvalue weighted by Crippen LogP contribution is 2.28. The van der Waals surface area contributed by atoms with E-state index in [0.29, 0.717) is 29.5 Å². The lowest BCUT2D eigenvalue weighted by Gasteiger charge is -2.13. The summed E-state index contributed by atoms with van der Waals surface area (Å²) in [6.45, 7) is 0.891. The molecule has 0 aliphatic rings. The number of benzene rings is 2. The summed E-state index contributed by atoms with van der Waals surface area (Å²) in [5, 5.41) is 3.40. The normalized spacial score (nSPS) is 10.1. The number of amides is 1. The van der Waals surface area contributed by atoms with E-state index in [2.05, 4.69) is 5.32 Å². The Bertz CT molecular complexity index is 632. The fourth-order valence-corrected chi connectivity index (χ4v) is 2.16. The molecule has 21 heavy (non-hydrogen) atoms. The first kappa shape index (κ1) is 15.0. The summed E-state index contributed by atoms with van der Waals surface area (Å²) in [5.41, 5.74) is 12.1. The van der Waals surface area contributed by atoms with Gasteiger partial charge in [0.1, 0.15) is 12.4 Å². The maximum absolute atomic E-state index is 11.4. The van der Waals surface area contributed by atoms with Crippen LogP contribution in [0.15, 0.2) is 42.5 Å². The Morgan fingerprint density at radius 3 is 2.62 bits per heavy atom. The summed E-state index contributed by atoms with van der Waals surface area (Å²) in [6.07, 6.45) is 0. The molecule has 0 saturated heterocycles. The SMILES string of the molecule is NC(=O)c1cc(N)cc(Cl)c1NCCOc1ccccc1. The molecule has 5 N–H and O–H groups in total. The average Bonchev–Trinajstić information content (AvgIpc) is 2.45. The number of hydrogen-bond donors (Lipinski definition) is 3. The number of ether oxygens (including phenoxy) is 1. The number of halogens is 1. The number of hydrogen-bond acceptors (Lipinski definition) is 4. The molecule has 2 aromatic carbocycles. The molecule has 110 valence electrons. The second-order valence-electron chi connectivity index (χ2n) is 4.38. The fourth-order valence-electron chi connectivity index (χ4n) is 1.86. The third-order valence-corrected chi connectivity index (χ3v) is 3.09. The van der Waals surface area contributed by atoms with Gasteiger partial charge in [-0.05, 0) is 24.3 Å². The number of para-hydroxylation sites is 1. The van der Waals surface area contributed by atoms with E-state index >= 15 is 0 Å².